The van der Waals surface area contributed by atoms with Crippen LogP contribution < -0.4 is 10.6 Å². The normalized spacial score (nSPS) is 11.2. The summed E-state index contributed by atoms with van der Waals surface area (Å²) in [7, 11) is 0. The molecule has 0 bridgehead atoms. The lowest BCUT2D eigenvalue weighted by Gasteiger charge is -2.19. The van der Waals surface area contributed by atoms with Gasteiger partial charge in [-0.25, -0.2) is 15.0 Å². The first kappa shape index (κ1) is 24.0. The minimum atomic E-state index is -0.826. The third kappa shape index (κ3) is 4.73. The van der Waals surface area contributed by atoms with E-state index in [1.807, 2.05) is 36.5 Å². The van der Waals surface area contributed by atoms with Crippen LogP contribution in [0.25, 0.3) is 22.3 Å². The summed E-state index contributed by atoms with van der Waals surface area (Å²) in [4.78, 5) is 29.4. The molecule has 0 aliphatic carbocycles. The van der Waals surface area contributed by atoms with E-state index in [1.54, 1.807) is 50.4 Å². The number of benzene rings is 2. The van der Waals surface area contributed by atoms with Crippen LogP contribution in [0.5, 0.6) is 0 Å². The highest BCUT2D eigenvalue weighted by molar-refractivity contribution is 6.35. The zero-order valence-electron chi connectivity index (χ0n) is 20.1. The molecule has 0 saturated carbocycles. The molecule has 2 aromatic carbocycles. The minimum Gasteiger partial charge on any atom is -0.346 e. The fraction of sp³-hybridized carbons (Fsp3) is 0.107. The summed E-state index contributed by atoms with van der Waals surface area (Å²) in [6, 6.07) is 20.4. The van der Waals surface area contributed by atoms with E-state index in [0.29, 0.717) is 22.6 Å². The van der Waals surface area contributed by atoms with E-state index in [0.717, 1.165) is 28.0 Å². The number of nitriles is 1. The molecule has 0 aliphatic rings. The van der Waals surface area contributed by atoms with E-state index in [-0.39, 0.29) is 10.9 Å². The number of pyridine rings is 1. The first-order chi connectivity index (χ1) is 17.9. The summed E-state index contributed by atoms with van der Waals surface area (Å²) in [5.41, 5.74) is 3.67. The molecule has 1 amide bonds. The number of fused-ring (bicyclic) bond motifs is 1. The van der Waals surface area contributed by atoms with Gasteiger partial charge in [-0.15, -0.1) is 0 Å². The molecule has 9 heteroatoms. The lowest BCUT2D eigenvalue weighted by Crippen LogP contribution is -2.18. The topological polar surface area (TPSA) is 119 Å². The quantitative estimate of drug-likeness (QED) is 0.242. The smallest absolute Gasteiger partial charge is 0.257 e. The maximum Gasteiger partial charge on any atom is 0.257 e. The first-order valence-electron chi connectivity index (χ1n) is 11.5. The Morgan fingerprint density at radius 2 is 1.84 bits per heavy atom. The molecule has 182 valence electrons. The number of hydrogen-bond donors (Lipinski definition) is 3. The van der Waals surface area contributed by atoms with Crippen molar-refractivity contribution >= 4 is 45.7 Å². The van der Waals surface area contributed by atoms with E-state index < -0.39 is 5.41 Å². The predicted molar refractivity (Wildman–Crippen MR) is 145 cm³/mol. The number of aromatic nitrogens is 4. The van der Waals surface area contributed by atoms with Crippen molar-refractivity contribution in [3.05, 3.63) is 95.5 Å². The van der Waals surface area contributed by atoms with Gasteiger partial charge >= 0.3 is 0 Å². The Labute approximate surface area is 218 Å². The van der Waals surface area contributed by atoms with Gasteiger partial charge in [-0.2, -0.15) is 5.26 Å². The van der Waals surface area contributed by atoms with Crippen molar-refractivity contribution < 1.29 is 4.79 Å². The van der Waals surface area contributed by atoms with Crippen molar-refractivity contribution in [1.82, 2.24) is 19.9 Å². The summed E-state index contributed by atoms with van der Waals surface area (Å²) in [6.07, 6.45) is 5.03. The van der Waals surface area contributed by atoms with Gasteiger partial charge in [-0.1, -0.05) is 29.8 Å². The van der Waals surface area contributed by atoms with Gasteiger partial charge < -0.3 is 15.6 Å². The van der Waals surface area contributed by atoms with Crippen LogP contribution in [0.15, 0.2) is 79.4 Å². The molecule has 37 heavy (non-hydrogen) atoms. The van der Waals surface area contributed by atoms with Gasteiger partial charge in [-0.05, 0) is 61.9 Å². The Morgan fingerprint density at radius 3 is 2.68 bits per heavy atom. The number of H-pyrrole nitrogens is 1. The number of nitrogens with one attached hydrogen (secondary N) is 3. The molecule has 0 fully saturated rings. The van der Waals surface area contributed by atoms with Gasteiger partial charge in [0.2, 0.25) is 0 Å². The van der Waals surface area contributed by atoms with Crippen LogP contribution in [-0.2, 0) is 5.41 Å². The molecular formula is C28H22ClN7O. The van der Waals surface area contributed by atoms with Crippen LogP contribution in [-0.4, -0.2) is 25.8 Å². The molecule has 5 rings (SSSR count). The third-order valence-electron chi connectivity index (χ3n) is 6.00. The number of aromatic amines is 1. The summed E-state index contributed by atoms with van der Waals surface area (Å²) >= 11 is 6.54. The van der Waals surface area contributed by atoms with Crippen molar-refractivity contribution in [3.8, 4) is 17.3 Å². The molecule has 5 aromatic rings. The molecule has 3 heterocycles. The highest BCUT2D eigenvalue weighted by Crippen LogP contribution is 2.33. The van der Waals surface area contributed by atoms with Gasteiger partial charge in [-0.3, -0.25) is 4.79 Å². The average molecular weight is 508 g/mol. The number of halogens is 1. The Kier molecular flexibility index (Phi) is 6.30. The van der Waals surface area contributed by atoms with Crippen molar-refractivity contribution in [2.24, 2.45) is 0 Å². The zero-order valence-corrected chi connectivity index (χ0v) is 20.8. The Bertz CT molecular complexity index is 1670. The third-order valence-corrected chi connectivity index (χ3v) is 6.40. The number of anilines is 3. The molecule has 0 atom stereocenters. The Hall–Kier alpha value is -4.74. The highest BCUT2D eigenvalue weighted by atomic mass is 35.5. The number of amides is 1. The fourth-order valence-electron chi connectivity index (χ4n) is 4.04. The summed E-state index contributed by atoms with van der Waals surface area (Å²) in [5, 5.41) is 16.9. The van der Waals surface area contributed by atoms with Crippen molar-refractivity contribution in [2.45, 2.75) is 19.3 Å². The van der Waals surface area contributed by atoms with Gasteiger partial charge in [0.05, 0.1) is 27.8 Å². The molecule has 0 aliphatic heterocycles. The molecule has 0 unspecified atom stereocenters. The molecule has 8 nitrogen and oxygen atoms in total. The number of rotatable bonds is 6. The monoisotopic (exact) mass is 507 g/mol. The van der Waals surface area contributed by atoms with Crippen molar-refractivity contribution in [3.63, 3.8) is 0 Å². The predicted octanol–water partition coefficient (Wildman–Crippen LogP) is 6.47. The van der Waals surface area contributed by atoms with Crippen LogP contribution in [0.1, 0.15) is 29.8 Å². The number of nitrogens with zero attached hydrogens (tertiary/aromatic N) is 4. The number of hydrogen-bond acceptors (Lipinski definition) is 6. The summed E-state index contributed by atoms with van der Waals surface area (Å²) in [6.45, 7) is 3.53. The zero-order chi connectivity index (χ0) is 26.0. The Balaban J connectivity index is 1.41. The van der Waals surface area contributed by atoms with Crippen LogP contribution >= 0.6 is 11.6 Å². The molecular weight excluding hydrogens is 486 g/mol. The van der Waals surface area contributed by atoms with Crippen LogP contribution in [0.4, 0.5) is 17.2 Å². The minimum absolute atomic E-state index is 0.264. The van der Waals surface area contributed by atoms with Crippen LogP contribution in [0.3, 0.4) is 0 Å². The van der Waals surface area contributed by atoms with Gasteiger partial charge in [0.1, 0.15) is 17.8 Å². The molecule has 0 radical (unpaired) electrons. The lowest BCUT2D eigenvalue weighted by atomic mass is 9.85. The van der Waals surface area contributed by atoms with E-state index in [4.69, 9.17) is 11.6 Å². The second kappa shape index (κ2) is 9.72. The SMILES string of the molecule is CC(C)(C#N)c1cccc(C(=O)Nc2cccc(Nc3ncccc3-c3ncnc4[nH]ccc34)c2)c1Cl. The lowest BCUT2D eigenvalue weighted by molar-refractivity contribution is 0.102. The van der Waals surface area contributed by atoms with Crippen LogP contribution in [0.2, 0.25) is 5.02 Å². The van der Waals surface area contributed by atoms with Crippen LogP contribution in [0, 0.1) is 11.3 Å². The number of carbonyl (C=O) groups excluding carboxylic acids is 1. The van der Waals surface area contributed by atoms with E-state index in [9.17, 15) is 10.1 Å². The summed E-state index contributed by atoms with van der Waals surface area (Å²) in [5.74, 6) is 0.244. The average Bonchev–Trinajstić information content (AvgIpc) is 3.38. The maximum atomic E-state index is 13.1. The molecule has 0 saturated heterocycles. The largest absolute Gasteiger partial charge is 0.346 e. The fourth-order valence-corrected chi connectivity index (χ4v) is 4.49. The molecule has 3 aromatic heterocycles. The standard InChI is InChI=1S/C28H22ClN7O/c1-28(2,15-30)22-10-4-8-19(23(22)29)27(37)36-18-7-3-6-17(14-18)35-26-20(9-5-12-31-26)24-21-11-13-32-25(21)34-16-33-24/h3-14,16H,1-2H3,(H,31,35)(H,36,37)(H,32,33,34). The highest BCUT2D eigenvalue weighted by Gasteiger charge is 2.25. The molecule has 3 N–H and O–H groups in total. The first-order valence-corrected chi connectivity index (χ1v) is 11.9. The second-order valence-electron chi connectivity index (χ2n) is 8.93. The van der Waals surface area contributed by atoms with Gasteiger partial charge in [0.25, 0.3) is 5.91 Å². The van der Waals surface area contributed by atoms with E-state index in [1.165, 1.54) is 6.33 Å². The van der Waals surface area contributed by atoms with Gasteiger partial charge in [0, 0.05) is 34.7 Å². The van der Waals surface area contributed by atoms with E-state index >= 15 is 0 Å². The van der Waals surface area contributed by atoms with Crippen molar-refractivity contribution in [2.75, 3.05) is 10.6 Å². The maximum absolute atomic E-state index is 13.1. The molecule has 0 spiro atoms. The number of carbonyl (C=O) groups is 1. The van der Waals surface area contributed by atoms with E-state index in [2.05, 4.69) is 36.6 Å². The second-order valence-corrected chi connectivity index (χ2v) is 9.30. The van der Waals surface area contributed by atoms with Crippen molar-refractivity contribution in [1.29, 1.82) is 5.26 Å². The summed E-state index contributed by atoms with van der Waals surface area (Å²) < 4.78 is 0. The van der Waals surface area contributed by atoms with Gasteiger partial charge in [0.15, 0.2) is 0 Å². The Morgan fingerprint density at radius 1 is 1.03 bits per heavy atom.